The summed E-state index contributed by atoms with van der Waals surface area (Å²) >= 11 is 0.990. The van der Waals surface area contributed by atoms with Gasteiger partial charge in [0.2, 0.25) is 5.76 Å². The molecule has 0 bridgehead atoms. The lowest BCUT2D eigenvalue weighted by molar-refractivity contribution is 0.0605. The van der Waals surface area contributed by atoms with Crippen LogP contribution < -0.4 is 10.3 Å². The highest BCUT2D eigenvalue weighted by atomic mass is 32.1. The molecule has 1 aliphatic heterocycles. The van der Waals surface area contributed by atoms with Gasteiger partial charge in [-0.1, -0.05) is 35.6 Å². The van der Waals surface area contributed by atoms with E-state index < -0.39 is 17.9 Å². The first kappa shape index (κ1) is 20.0. The predicted molar refractivity (Wildman–Crippen MR) is 117 cm³/mol. The van der Waals surface area contributed by atoms with E-state index in [0.717, 1.165) is 11.3 Å². The molecule has 2 aromatic heterocycles. The van der Waals surface area contributed by atoms with Crippen LogP contribution in [-0.2, 0) is 4.74 Å². The number of esters is 1. The molecule has 4 aromatic rings. The predicted octanol–water partition coefficient (Wildman–Crippen LogP) is 3.80. The van der Waals surface area contributed by atoms with Gasteiger partial charge >= 0.3 is 5.97 Å². The number of carbonyl (C=O) groups excluding carboxylic acids is 2. The molecule has 0 spiro atoms. The number of para-hydroxylation sites is 1. The maximum absolute atomic E-state index is 13.5. The van der Waals surface area contributed by atoms with Crippen LogP contribution in [0.4, 0.5) is 5.13 Å². The van der Waals surface area contributed by atoms with E-state index in [1.807, 2.05) is 0 Å². The van der Waals surface area contributed by atoms with Crippen molar-refractivity contribution in [1.82, 2.24) is 4.98 Å². The molecule has 5 rings (SSSR count). The molecule has 160 valence electrons. The van der Waals surface area contributed by atoms with Crippen molar-refractivity contribution in [2.24, 2.45) is 0 Å². The SMILES string of the molecule is COC(=O)c1sc(N2C(=O)c3oc4ccccc4c(=O)c3[C@H]2c2cccc(O)c2)nc1C. The number of aryl methyl sites for hydroxylation is 1. The van der Waals surface area contributed by atoms with Crippen molar-refractivity contribution in [2.45, 2.75) is 13.0 Å². The molecular formula is C23H16N2O6S. The molecule has 2 aromatic carbocycles. The van der Waals surface area contributed by atoms with Gasteiger partial charge in [0.05, 0.1) is 29.8 Å². The number of phenols is 1. The summed E-state index contributed by atoms with van der Waals surface area (Å²) in [7, 11) is 1.27. The van der Waals surface area contributed by atoms with Crippen molar-refractivity contribution in [3.8, 4) is 5.75 Å². The third kappa shape index (κ3) is 2.89. The molecule has 1 N–H and O–H groups in total. The number of fused-ring (bicyclic) bond motifs is 2. The van der Waals surface area contributed by atoms with Crippen LogP contribution in [0.25, 0.3) is 11.0 Å². The van der Waals surface area contributed by atoms with Crippen molar-refractivity contribution in [3.63, 3.8) is 0 Å². The number of phenolic OH excluding ortho intramolecular Hbond substituents is 1. The van der Waals surface area contributed by atoms with Crippen molar-refractivity contribution in [3.05, 3.63) is 86.2 Å². The molecule has 3 heterocycles. The fourth-order valence-electron chi connectivity index (χ4n) is 3.89. The number of hydrogen-bond acceptors (Lipinski definition) is 8. The fraction of sp³-hybridized carbons (Fsp3) is 0.130. The zero-order valence-corrected chi connectivity index (χ0v) is 17.8. The number of aromatic nitrogens is 1. The van der Waals surface area contributed by atoms with Crippen molar-refractivity contribution in [2.75, 3.05) is 12.0 Å². The summed E-state index contributed by atoms with van der Waals surface area (Å²) in [5, 5.41) is 10.6. The second kappa shape index (κ2) is 7.31. The molecule has 0 fully saturated rings. The number of anilines is 1. The molecule has 1 aliphatic rings. The summed E-state index contributed by atoms with van der Waals surface area (Å²) in [6, 6.07) is 12.1. The van der Waals surface area contributed by atoms with E-state index in [9.17, 15) is 19.5 Å². The molecule has 8 nitrogen and oxygen atoms in total. The summed E-state index contributed by atoms with van der Waals surface area (Å²) < 4.78 is 10.7. The van der Waals surface area contributed by atoms with Gasteiger partial charge in [0.15, 0.2) is 10.6 Å². The maximum atomic E-state index is 13.5. The van der Waals surface area contributed by atoms with E-state index in [1.165, 1.54) is 24.1 Å². The Morgan fingerprint density at radius 1 is 1.19 bits per heavy atom. The van der Waals surface area contributed by atoms with Crippen LogP contribution >= 0.6 is 11.3 Å². The largest absolute Gasteiger partial charge is 0.508 e. The van der Waals surface area contributed by atoms with Crippen molar-refractivity contribution in [1.29, 1.82) is 0 Å². The number of thiazole rings is 1. The Hall–Kier alpha value is -3.98. The van der Waals surface area contributed by atoms with Crippen LogP contribution in [0.1, 0.15) is 43.1 Å². The van der Waals surface area contributed by atoms with Gasteiger partial charge in [-0.05, 0) is 36.8 Å². The fourth-order valence-corrected chi connectivity index (χ4v) is 4.91. The van der Waals surface area contributed by atoms with E-state index in [1.54, 1.807) is 43.3 Å². The Bertz CT molecular complexity index is 1470. The van der Waals surface area contributed by atoms with Crippen LogP contribution in [0.5, 0.6) is 5.75 Å². The lowest BCUT2D eigenvalue weighted by Crippen LogP contribution is -2.29. The Morgan fingerprint density at radius 2 is 1.97 bits per heavy atom. The second-order valence-corrected chi connectivity index (χ2v) is 8.22. The van der Waals surface area contributed by atoms with Gasteiger partial charge in [-0.15, -0.1) is 0 Å². The molecule has 9 heteroatoms. The Balaban J connectivity index is 1.79. The zero-order valence-electron chi connectivity index (χ0n) is 17.0. The zero-order chi connectivity index (χ0) is 22.6. The summed E-state index contributed by atoms with van der Waals surface area (Å²) in [5.74, 6) is -1.22. The van der Waals surface area contributed by atoms with Gasteiger partial charge in [-0.25, -0.2) is 9.78 Å². The quantitative estimate of drug-likeness (QED) is 0.475. The molecule has 1 atom stereocenters. The molecule has 0 saturated carbocycles. The summed E-state index contributed by atoms with van der Waals surface area (Å²) in [4.78, 5) is 45.1. The van der Waals surface area contributed by atoms with Crippen LogP contribution in [-0.4, -0.2) is 29.1 Å². The number of carbonyl (C=O) groups is 2. The first-order chi connectivity index (χ1) is 15.4. The highest BCUT2D eigenvalue weighted by molar-refractivity contribution is 7.17. The number of aromatic hydroxyl groups is 1. The van der Waals surface area contributed by atoms with Crippen LogP contribution in [0, 0.1) is 6.92 Å². The Morgan fingerprint density at radius 3 is 2.72 bits per heavy atom. The molecule has 0 radical (unpaired) electrons. The van der Waals surface area contributed by atoms with Gasteiger partial charge in [0.25, 0.3) is 5.91 Å². The molecule has 0 aliphatic carbocycles. The number of rotatable bonds is 3. The van der Waals surface area contributed by atoms with Gasteiger partial charge in [0, 0.05) is 0 Å². The highest BCUT2D eigenvalue weighted by Crippen LogP contribution is 2.43. The van der Waals surface area contributed by atoms with E-state index >= 15 is 0 Å². The van der Waals surface area contributed by atoms with E-state index in [4.69, 9.17) is 9.15 Å². The minimum atomic E-state index is -0.887. The van der Waals surface area contributed by atoms with Crippen molar-refractivity contribution >= 4 is 39.3 Å². The summed E-state index contributed by atoms with van der Waals surface area (Å²) in [6.07, 6.45) is 0. The van der Waals surface area contributed by atoms with Gasteiger partial charge < -0.3 is 14.3 Å². The van der Waals surface area contributed by atoms with Gasteiger partial charge in [0.1, 0.15) is 16.2 Å². The summed E-state index contributed by atoms with van der Waals surface area (Å²) in [5.41, 5.74) is 1.03. The third-order valence-electron chi connectivity index (χ3n) is 5.33. The molecule has 0 unspecified atom stereocenters. The Labute approximate surface area is 185 Å². The number of benzene rings is 2. The lowest BCUT2D eigenvalue weighted by atomic mass is 9.98. The van der Waals surface area contributed by atoms with E-state index in [0.29, 0.717) is 22.2 Å². The first-order valence-corrected chi connectivity index (χ1v) is 10.5. The minimum Gasteiger partial charge on any atom is -0.508 e. The van der Waals surface area contributed by atoms with E-state index in [2.05, 4.69) is 4.98 Å². The van der Waals surface area contributed by atoms with Crippen LogP contribution in [0.2, 0.25) is 0 Å². The maximum Gasteiger partial charge on any atom is 0.350 e. The average Bonchev–Trinajstić information content (AvgIpc) is 3.31. The number of amides is 1. The standard InChI is InChI=1S/C23H16N2O6S/c1-11-20(22(29)30-2)32-23(24-11)25-17(12-6-5-7-13(26)10-12)16-18(27)14-8-3-4-9-15(14)31-19(16)21(25)28/h3-10,17,26H,1-2H3/t17-/m1/s1. The van der Waals surface area contributed by atoms with Crippen molar-refractivity contribution < 1.29 is 23.8 Å². The molecular weight excluding hydrogens is 432 g/mol. The highest BCUT2D eigenvalue weighted by Gasteiger charge is 2.45. The second-order valence-electron chi connectivity index (χ2n) is 7.25. The van der Waals surface area contributed by atoms with Crippen LogP contribution in [0.3, 0.4) is 0 Å². The minimum absolute atomic E-state index is 0.0147. The third-order valence-corrected chi connectivity index (χ3v) is 6.46. The number of nitrogens with zero attached hydrogens (tertiary/aromatic N) is 2. The van der Waals surface area contributed by atoms with Gasteiger partial charge in [-0.3, -0.25) is 14.5 Å². The van der Waals surface area contributed by atoms with Gasteiger partial charge in [-0.2, -0.15) is 0 Å². The lowest BCUT2D eigenvalue weighted by Gasteiger charge is -2.22. The molecule has 1 amide bonds. The monoisotopic (exact) mass is 448 g/mol. The van der Waals surface area contributed by atoms with Crippen LogP contribution in [0.15, 0.2) is 57.7 Å². The topological polar surface area (TPSA) is 110 Å². The first-order valence-electron chi connectivity index (χ1n) is 9.64. The summed E-state index contributed by atoms with van der Waals surface area (Å²) in [6.45, 7) is 1.64. The number of ether oxygens (including phenoxy) is 1. The number of methoxy groups -OCH3 is 1. The Kier molecular flexibility index (Phi) is 4.56. The molecule has 0 saturated heterocycles. The number of hydrogen-bond donors (Lipinski definition) is 1. The van der Waals surface area contributed by atoms with E-state index in [-0.39, 0.29) is 32.5 Å². The average molecular weight is 448 g/mol. The molecule has 32 heavy (non-hydrogen) atoms. The smallest absolute Gasteiger partial charge is 0.350 e. The normalized spacial score (nSPS) is 15.2.